The first-order valence-corrected chi connectivity index (χ1v) is 6.88. The van der Waals surface area contributed by atoms with E-state index < -0.39 is 0 Å². The van der Waals surface area contributed by atoms with Crippen molar-refractivity contribution in [2.24, 2.45) is 7.05 Å². The zero-order valence-corrected chi connectivity index (χ0v) is 12.6. The quantitative estimate of drug-likeness (QED) is 0.780. The van der Waals surface area contributed by atoms with Crippen molar-refractivity contribution in [3.05, 3.63) is 42.6 Å². The molecule has 0 aliphatic rings. The largest absolute Gasteiger partial charge is 0.493 e. The van der Waals surface area contributed by atoms with Crippen LogP contribution in [0.3, 0.4) is 0 Å². The summed E-state index contributed by atoms with van der Waals surface area (Å²) in [4.78, 5) is 8.83. The molecule has 22 heavy (non-hydrogen) atoms. The second-order valence-electron chi connectivity index (χ2n) is 4.83. The normalized spacial score (nSPS) is 12.1. The third kappa shape index (κ3) is 2.65. The second-order valence-corrected chi connectivity index (χ2v) is 4.83. The van der Waals surface area contributed by atoms with Gasteiger partial charge < -0.3 is 14.5 Å². The van der Waals surface area contributed by atoms with Crippen LogP contribution >= 0.6 is 0 Å². The summed E-state index contributed by atoms with van der Waals surface area (Å²) in [6, 6.07) is 5.60. The van der Waals surface area contributed by atoms with Crippen LogP contribution in [0.25, 0.3) is 11.4 Å². The summed E-state index contributed by atoms with van der Waals surface area (Å²) in [5.41, 5.74) is 1.54. The van der Waals surface area contributed by atoms with Crippen LogP contribution in [-0.2, 0) is 7.05 Å². The number of anilines is 1. The Kier molecular flexibility index (Phi) is 3.78. The highest BCUT2D eigenvalue weighted by molar-refractivity contribution is 5.63. The second kappa shape index (κ2) is 5.88. The van der Waals surface area contributed by atoms with E-state index in [1.807, 2.05) is 32.2 Å². The fourth-order valence-electron chi connectivity index (χ4n) is 2.18. The Morgan fingerprint density at radius 2 is 2.23 bits per heavy atom. The molecule has 0 unspecified atom stereocenters. The Bertz CT molecular complexity index is 751. The molecule has 1 N–H and O–H groups in total. The van der Waals surface area contributed by atoms with Crippen LogP contribution in [-0.4, -0.2) is 26.9 Å². The topological polar surface area (TPSA) is 78.0 Å². The highest BCUT2D eigenvalue weighted by Crippen LogP contribution is 2.28. The highest BCUT2D eigenvalue weighted by atomic mass is 16.5. The van der Waals surface area contributed by atoms with E-state index >= 15 is 0 Å². The number of methoxy groups -OCH3 is 1. The summed E-state index contributed by atoms with van der Waals surface area (Å²) in [7, 11) is 3.45. The molecule has 0 aromatic carbocycles. The number of furan rings is 1. The molecule has 7 nitrogen and oxygen atoms in total. The number of ether oxygens (including phenoxy) is 1. The van der Waals surface area contributed by atoms with Crippen molar-refractivity contribution in [1.29, 1.82) is 0 Å². The van der Waals surface area contributed by atoms with Gasteiger partial charge in [-0.15, -0.1) is 0 Å². The molecule has 7 heteroatoms. The molecule has 0 bridgehead atoms. The van der Waals surface area contributed by atoms with Crippen LogP contribution in [0, 0.1) is 0 Å². The first kappa shape index (κ1) is 14.1. The van der Waals surface area contributed by atoms with Gasteiger partial charge in [-0.1, -0.05) is 0 Å². The number of nitrogens with one attached hydrogen (secondary N) is 1. The van der Waals surface area contributed by atoms with Crippen molar-refractivity contribution in [2.75, 3.05) is 12.4 Å². The van der Waals surface area contributed by atoms with Gasteiger partial charge in [0.05, 0.1) is 31.3 Å². The summed E-state index contributed by atoms with van der Waals surface area (Å²) >= 11 is 0. The molecule has 0 aliphatic heterocycles. The smallest absolute Gasteiger partial charge is 0.224 e. The molecule has 3 rings (SSSR count). The van der Waals surface area contributed by atoms with Gasteiger partial charge in [0, 0.05) is 13.2 Å². The summed E-state index contributed by atoms with van der Waals surface area (Å²) < 4.78 is 12.5. The minimum absolute atomic E-state index is 0.0391. The van der Waals surface area contributed by atoms with Crippen LogP contribution in [0.2, 0.25) is 0 Å². The fraction of sp³-hybridized carbons (Fsp3) is 0.267. The Morgan fingerprint density at radius 3 is 2.86 bits per heavy atom. The molecule has 0 radical (unpaired) electrons. The standard InChI is InChI=1S/C15H17N5O2/c1-10(12-5-4-8-22-12)18-15-16-9-13(21-3)14(19-15)11-6-7-17-20(11)2/h4-10H,1-3H3,(H,16,18,19)/t10-/m1/s1. The molecule has 114 valence electrons. The third-order valence-corrected chi connectivity index (χ3v) is 3.35. The Balaban J connectivity index is 1.92. The van der Waals surface area contributed by atoms with Gasteiger partial charge in [-0.3, -0.25) is 4.68 Å². The number of aromatic nitrogens is 4. The van der Waals surface area contributed by atoms with E-state index in [-0.39, 0.29) is 6.04 Å². The van der Waals surface area contributed by atoms with Crippen molar-refractivity contribution in [1.82, 2.24) is 19.7 Å². The van der Waals surface area contributed by atoms with E-state index in [0.29, 0.717) is 17.4 Å². The van der Waals surface area contributed by atoms with Gasteiger partial charge in [0.15, 0.2) is 5.75 Å². The monoisotopic (exact) mass is 299 g/mol. The first-order valence-electron chi connectivity index (χ1n) is 6.88. The lowest BCUT2D eigenvalue weighted by Crippen LogP contribution is -2.10. The molecule has 3 heterocycles. The van der Waals surface area contributed by atoms with E-state index in [2.05, 4.69) is 20.4 Å². The maximum absolute atomic E-state index is 5.38. The summed E-state index contributed by atoms with van der Waals surface area (Å²) in [5, 5.41) is 7.38. The van der Waals surface area contributed by atoms with Crippen molar-refractivity contribution in [3.63, 3.8) is 0 Å². The van der Waals surface area contributed by atoms with Gasteiger partial charge in [0.1, 0.15) is 11.5 Å². The lowest BCUT2D eigenvalue weighted by Gasteiger charge is -2.13. The van der Waals surface area contributed by atoms with Gasteiger partial charge >= 0.3 is 0 Å². The van der Waals surface area contributed by atoms with Crippen LogP contribution in [0.15, 0.2) is 41.3 Å². The fourth-order valence-corrected chi connectivity index (χ4v) is 2.18. The Hall–Kier alpha value is -2.83. The zero-order chi connectivity index (χ0) is 15.5. The lowest BCUT2D eigenvalue weighted by atomic mass is 10.2. The van der Waals surface area contributed by atoms with Gasteiger partial charge in [-0.2, -0.15) is 5.10 Å². The van der Waals surface area contributed by atoms with Gasteiger partial charge in [-0.05, 0) is 25.1 Å². The molecule has 0 amide bonds. The number of aryl methyl sites for hydroxylation is 1. The maximum Gasteiger partial charge on any atom is 0.224 e. The number of rotatable bonds is 5. The lowest BCUT2D eigenvalue weighted by molar-refractivity contribution is 0.412. The SMILES string of the molecule is COc1cnc(N[C@H](C)c2ccco2)nc1-c1ccnn1C. The minimum atomic E-state index is -0.0391. The summed E-state index contributed by atoms with van der Waals surface area (Å²) in [5.74, 6) is 1.92. The van der Waals surface area contributed by atoms with E-state index in [4.69, 9.17) is 9.15 Å². The van der Waals surface area contributed by atoms with Gasteiger partial charge in [0.2, 0.25) is 5.95 Å². The van der Waals surface area contributed by atoms with Crippen LogP contribution in [0.5, 0.6) is 5.75 Å². The summed E-state index contributed by atoms with van der Waals surface area (Å²) in [6.45, 7) is 1.98. The van der Waals surface area contributed by atoms with Gasteiger partial charge in [-0.25, -0.2) is 9.97 Å². The predicted octanol–water partition coefficient (Wildman–Crippen LogP) is 2.65. The van der Waals surface area contributed by atoms with E-state index in [1.54, 1.807) is 30.4 Å². The van der Waals surface area contributed by atoms with E-state index in [1.165, 1.54) is 0 Å². The van der Waals surface area contributed by atoms with Crippen LogP contribution in [0.1, 0.15) is 18.7 Å². The van der Waals surface area contributed by atoms with Crippen LogP contribution < -0.4 is 10.1 Å². The molecule has 0 saturated carbocycles. The Morgan fingerprint density at radius 1 is 1.36 bits per heavy atom. The van der Waals surface area contributed by atoms with E-state index in [0.717, 1.165) is 11.5 Å². The number of nitrogens with zero attached hydrogens (tertiary/aromatic N) is 4. The van der Waals surface area contributed by atoms with E-state index in [9.17, 15) is 0 Å². The maximum atomic E-state index is 5.38. The zero-order valence-electron chi connectivity index (χ0n) is 12.6. The van der Waals surface area contributed by atoms with Gasteiger partial charge in [0.25, 0.3) is 0 Å². The molecule has 0 spiro atoms. The summed E-state index contributed by atoms with van der Waals surface area (Å²) in [6.07, 6.45) is 5.01. The number of hydrogen-bond donors (Lipinski definition) is 1. The van der Waals surface area contributed by atoms with Crippen molar-refractivity contribution >= 4 is 5.95 Å². The average Bonchev–Trinajstić information content (AvgIpc) is 3.18. The molecule has 3 aromatic rings. The molecule has 0 fully saturated rings. The molecule has 1 atom stereocenters. The average molecular weight is 299 g/mol. The predicted molar refractivity (Wildman–Crippen MR) is 81.5 cm³/mol. The van der Waals surface area contributed by atoms with Crippen molar-refractivity contribution in [3.8, 4) is 17.1 Å². The molecular formula is C15H17N5O2. The Labute approximate surface area is 128 Å². The molecule has 0 saturated heterocycles. The number of hydrogen-bond acceptors (Lipinski definition) is 6. The molecule has 0 aliphatic carbocycles. The first-order chi connectivity index (χ1) is 10.7. The van der Waals surface area contributed by atoms with Crippen molar-refractivity contribution in [2.45, 2.75) is 13.0 Å². The highest BCUT2D eigenvalue weighted by Gasteiger charge is 2.15. The minimum Gasteiger partial charge on any atom is -0.493 e. The van der Waals surface area contributed by atoms with Crippen LogP contribution in [0.4, 0.5) is 5.95 Å². The molecular weight excluding hydrogens is 282 g/mol. The third-order valence-electron chi connectivity index (χ3n) is 3.35. The molecule has 3 aromatic heterocycles. The van der Waals surface area contributed by atoms with Crippen molar-refractivity contribution < 1.29 is 9.15 Å².